The van der Waals surface area contributed by atoms with Crippen LogP contribution in [0.25, 0.3) is 11.3 Å². The third-order valence-corrected chi connectivity index (χ3v) is 5.04. The summed E-state index contributed by atoms with van der Waals surface area (Å²) in [5.74, 6) is -0.821. The second kappa shape index (κ2) is 9.57. The van der Waals surface area contributed by atoms with Crippen molar-refractivity contribution in [3.8, 4) is 11.3 Å². The Hall–Kier alpha value is -3.45. The Balaban J connectivity index is 2.07. The van der Waals surface area contributed by atoms with Crippen LogP contribution in [-0.2, 0) is 9.59 Å². The summed E-state index contributed by atoms with van der Waals surface area (Å²) in [5.41, 5.74) is 2.23. The molecule has 7 nitrogen and oxygen atoms in total. The van der Waals surface area contributed by atoms with Crippen molar-refractivity contribution in [2.45, 2.75) is 33.2 Å². The Bertz CT molecular complexity index is 1170. The van der Waals surface area contributed by atoms with E-state index in [1.807, 2.05) is 31.2 Å². The average Bonchev–Trinajstić information content (AvgIpc) is 2.73. The van der Waals surface area contributed by atoms with Crippen LogP contribution in [0.2, 0.25) is 5.02 Å². The van der Waals surface area contributed by atoms with E-state index in [4.69, 9.17) is 11.6 Å². The molecular formula is C23H23ClN4O3. The lowest BCUT2D eigenvalue weighted by atomic mass is 10.1. The van der Waals surface area contributed by atoms with E-state index in [1.54, 1.807) is 31.2 Å². The number of amides is 2. The summed E-state index contributed by atoms with van der Waals surface area (Å²) in [6, 6.07) is 15.0. The molecule has 3 aromatic rings. The molecule has 0 fully saturated rings. The van der Waals surface area contributed by atoms with Gasteiger partial charge in [0.15, 0.2) is 0 Å². The van der Waals surface area contributed by atoms with E-state index in [1.165, 1.54) is 13.0 Å². The molecule has 0 aliphatic carbocycles. The van der Waals surface area contributed by atoms with Crippen LogP contribution in [0.4, 0.5) is 11.4 Å². The number of halogens is 1. The van der Waals surface area contributed by atoms with Gasteiger partial charge in [0.2, 0.25) is 11.8 Å². The molecule has 0 aliphatic rings. The lowest BCUT2D eigenvalue weighted by molar-refractivity contribution is -0.119. The number of nitrogens with zero attached hydrogens (tertiary/aromatic N) is 2. The predicted molar refractivity (Wildman–Crippen MR) is 122 cm³/mol. The monoisotopic (exact) mass is 438 g/mol. The first-order valence-electron chi connectivity index (χ1n) is 9.84. The summed E-state index contributed by atoms with van der Waals surface area (Å²) in [6.07, 6.45) is 0.306. The van der Waals surface area contributed by atoms with Crippen molar-refractivity contribution in [3.63, 3.8) is 0 Å². The van der Waals surface area contributed by atoms with Gasteiger partial charge in [0.25, 0.3) is 5.56 Å². The molecule has 2 N–H and O–H groups in total. The van der Waals surface area contributed by atoms with Crippen LogP contribution in [0.1, 0.15) is 31.9 Å². The fourth-order valence-corrected chi connectivity index (χ4v) is 3.30. The van der Waals surface area contributed by atoms with E-state index in [-0.39, 0.29) is 5.69 Å². The number of anilines is 2. The number of aryl methyl sites for hydroxylation is 1. The van der Waals surface area contributed by atoms with Crippen LogP contribution >= 0.6 is 11.6 Å². The van der Waals surface area contributed by atoms with Crippen LogP contribution in [-0.4, -0.2) is 21.6 Å². The first-order valence-corrected chi connectivity index (χ1v) is 10.2. The number of aromatic nitrogens is 2. The summed E-state index contributed by atoms with van der Waals surface area (Å²) < 4.78 is 1.12. The molecule has 0 saturated carbocycles. The Morgan fingerprint density at radius 1 is 1.06 bits per heavy atom. The van der Waals surface area contributed by atoms with Gasteiger partial charge < -0.3 is 10.6 Å². The van der Waals surface area contributed by atoms with Gasteiger partial charge in [0.05, 0.1) is 16.4 Å². The van der Waals surface area contributed by atoms with E-state index in [0.717, 1.165) is 15.8 Å². The molecule has 0 aliphatic heterocycles. The average molecular weight is 439 g/mol. The van der Waals surface area contributed by atoms with E-state index in [2.05, 4.69) is 15.7 Å². The summed E-state index contributed by atoms with van der Waals surface area (Å²) in [7, 11) is 0. The van der Waals surface area contributed by atoms with Crippen molar-refractivity contribution in [3.05, 3.63) is 75.5 Å². The van der Waals surface area contributed by atoms with Gasteiger partial charge in [-0.2, -0.15) is 5.10 Å². The van der Waals surface area contributed by atoms with E-state index in [9.17, 15) is 14.4 Å². The first kappa shape index (κ1) is 22.2. The minimum atomic E-state index is -0.901. The zero-order valence-corrected chi connectivity index (χ0v) is 18.2. The third kappa shape index (κ3) is 5.19. The van der Waals surface area contributed by atoms with Gasteiger partial charge in [-0.15, -0.1) is 0 Å². The fourth-order valence-electron chi connectivity index (χ4n) is 3.12. The molecule has 3 rings (SSSR count). The van der Waals surface area contributed by atoms with Gasteiger partial charge in [0, 0.05) is 12.5 Å². The first-order chi connectivity index (χ1) is 14.8. The molecule has 2 aromatic carbocycles. The summed E-state index contributed by atoms with van der Waals surface area (Å²) >= 11 is 6.15. The molecule has 1 aromatic heterocycles. The maximum atomic E-state index is 13.0. The fraction of sp³-hybridized carbons (Fsp3) is 0.217. The van der Waals surface area contributed by atoms with Gasteiger partial charge in [-0.1, -0.05) is 60.5 Å². The van der Waals surface area contributed by atoms with Crippen molar-refractivity contribution in [1.82, 2.24) is 9.78 Å². The highest BCUT2D eigenvalue weighted by molar-refractivity contribution is 6.33. The number of carbonyl (C=O) groups excluding carboxylic acids is 2. The molecule has 0 bridgehead atoms. The van der Waals surface area contributed by atoms with Crippen LogP contribution in [0.5, 0.6) is 0 Å². The summed E-state index contributed by atoms with van der Waals surface area (Å²) in [5, 5.41) is 10.1. The molecule has 0 saturated heterocycles. The zero-order chi connectivity index (χ0) is 22.5. The minimum Gasteiger partial charge on any atom is -0.323 e. The predicted octanol–water partition coefficient (Wildman–Crippen LogP) is 4.42. The molecular weight excluding hydrogens is 416 g/mol. The number of hydrogen-bond donors (Lipinski definition) is 2. The second-order valence-electron chi connectivity index (χ2n) is 7.13. The van der Waals surface area contributed by atoms with Crippen molar-refractivity contribution in [2.24, 2.45) is 0 Å². The topological polar surface area (TPSA) is 93.1 Å². The Morgan fingerprint density at radius 2 is 1.74 bits per heavy atom. The largest absolute Gasteiger partial charge is 0.323 e. The molecule has 0 unspecified atom stereocenters. The molecule has 0 spiro atoms. The maximum absolute atomic E-state index is 13.0. The van der Waals surface area contributed by atoms with Crippen molar-refractivity contribution in [1.29, 1.82) is 0 Å². The second-order valence-corrected chi connectivity index (χ2v) is 7.54. The van der Waals surface area contributed by atoms with Crippen molar-refractivity contribution >= 4 is 34.8 Å². The molecule has 2 amide bonds. The lowest BCUT2D eigenvalue weighted by Gasteiger charge is -2.19. The normalized spacial score (nSPS) is 11.6. The molecule has 160 valence electrons. The maximum Gasteiger partial charge on any atom is 0.291 e. The number of benzene rings is 2. The number of rotatable bonds is 6. The number of para-hydroxylation sites is 1. The van der Waals surface area contributed by atoms with Crippen LogP contribution < -0.4 is 16.2 Å². The van der Waals surface area contributed by atoms with Gasteiger partial charge in [-0.3, -0.25) is 14.4 Å². The third-order valence-electron chi connectivity index (χ3n) is 4.71. The highest BCUT2D eigenvalue weighted by Gasteiger charge is 2.24. The molecule has 1 atom stereocenters. The van der Waals surface area contributed by atoms with Crippen LogP contribution in [0, 0.1) is 6.92 Å². The Morgan fingerprint density at radius 3 is 2.35 bits per heavy atom. The highest BCUT2D eigenvalue weighted by atomic mass is 35.5. The Kier molecular flexibility index (Phi) is 6.87. The van der Waals surface area contributed by atoms with Crippen LogP contribution in [0.3, 0.4) is 0 Å². The number of nitrogens with one attached hydrogen (secondary N) is 2. The van der Waals surface area contributed by atoms with Gasteiger partial charge in [0.1, 0.15) is 11.7 Å². The molecule has 0 radical (unpaired) electrons. The van der Waals surface area contributed by atoms with E-state index < -0.39 is 23.4 Å². The molecule has 1 heterocycles. The lowest BCUT2D eigenvalue weighted by Crippen LogP contribution is -2.36. The smallest absolute Gasteiger partial charge is 0.291 e. The van der Waals surface area contributed by atoms with E-state index >= 15 is 0 Å². The van der Waals surface area contributed by atoms with E-state index in [0.29, 0.717) is 22.8 Å². The van der Waals surface area contributed by atoms with Crippen LogP contribution in [0.15, 0.2) is 59.4 Å². The molecule has 31 heavy (non-hydrogen) atoms. The zero-order valence-electron chi connectivity index (χ0n) is 17.5. The Labute approximate surface area is 185 Å². The number of hydrogen-bond acceptors (Lipinski definition) is 4. The van der Waals surface area contributed by atoms with Crippen molar-refractivity contribution in [2.75, 3.05) is 10.6 Å². The minimum absolute atomic E-state index is 0.0575. The standard InChI is InChI=1S/C23H23ClN4O3/c1-4-21(22(30)26-18-8-6-5-7-17(18)24)28-23(31)20(25-15(3)29)13-19(27-28)16-11-9-14(2)10-12-16/h5-13,21H,4H2,1-3H3,(H,25,29)(H,26,30)/t21-/m0/s1. The summed E-state index contributed by atoms with van der Waals surface area (Å²) in [6.45, 7) is 5.06. The van der Waals surface area contributed by atoms with Crippen molar-refractivity contribution < 1.29 is 9.59 Å². The number of carbonyl (C=O) groups is 2. The quantitative estimate of drug-likeness (QED) is 0.595. The SMILES string of the molecule is CC[C@@H](C(=O)Nc1ccccc1Cl)n1nc(-c2ccc(C)cc2)cc(NC(C)=O)c1=O. The summed E-state index contributed by atoms with van der Waals surface area (Å²) in [4.78, 5) is 37.7. The molecule has 8 heteroatoms. The van der Waals surface area contributed by atoms with Gasteiger partial charge in [-0.05, 0) is 31.5 Å². The highest BCUT2D eigenvalue weighted by Crippen LogP contribution is 2.24. The van der Waals surface area contributed by atoms with Gasteiger partial charge >= 0.3 is 0 Å². The van der Waals surface area contributed by atoms with Gasteiger partial charge in [-0.25, -0.2) is 4.68 Å².